The van der Waals surface area contributed by atoms with Crippen LogP contribution >= 0.6 is 23.1 Å². The number of hydrogen-bond donors (Lipinski definition) is 0. The molecule has 0 atom stereocenters. The molecule has 1 aromatic carbocycles. The average Bonchev–Trinajstić information content (AvgIpc) is 3.46. The maximum absolute atomic E-state index is 13.0. The van der Waals surface area contributed by atoms with Crippen LogP contribution in [0.1, 0.15) is 42.7 Å². The van der Waals surface area contributed by atoms with E-state index in [9.17, 15) is 4.79 Å². The van der Waals surface area contributed by atoms with Gasteiger partial charge in [-0.25, -0.2) is 4.98 Å². The van der Waals surface area contributed by atoms with Crippen molar-refractivity contribution >= 4 is 39.2 Å². The molecule has 1 amide bonds. The number of benzene rings is 1. The number of amides is 1. The van der Waals surface area contributed by atoms with Crippen molar-refractivity contribution in [1.82, 2.24) is 29.6 Å². The van der Waals surface area contributed by atoms with Crippen molar-refractivity contribution in [3.63, 3.8) is 0 Å². The van der Waals surface area contributed by atoms with Crippen LogP contribution in [0.5, 0.6) is 0 Å². The monoisotopic (exact) mass is 476 g/mol. The van der Waals surface area contributed by atoms with Crippen molar-refractivity contribution in [2.24, 2.45) is 0 Å². The fraction of sp³-hybridized carbons (Fsp3) is 0.375. The first-order valence-corrected chi connectivity index (χ1v) is 13.2. The molecule has 9 heteroatoms. The minimum Gasteiger partial charge on any atom is -0.342 e. The molecule has 1 saturated carbocycles. The van der Waals surface area contributed by atoms with Gasteiger partial charge in [-0.15, -0.1) is 21.5 Å². The van der Waals surface area contributed by atoms with E-state index in [1.165, 1.54) is 21.5 Å². The van der Waals surface area contributed by atoms with E-state index in [2.05, 4.69) is 37.9 Å². The van der Waals surface area contributed by atoms with E-state index in [-0.39, 0.29) is 5.91 Å². The number of thiazole rings is 1. The van der Waals surface area contributed by atoms with Crippen molar-refractivity contribution in [2.75, 3.05) is 18.8 Å². The van der Waals surface area contributed by atoms with Crippen LogP contribution in [-0.4, -0.2) is 54.4 Å². The van der Waals surface area contributed by atoms with E-state index >= 15 is 0 Å². The Morgan fingerprint density at radius 3 is 2.58 bits per heavy atom. The van der Waals surface area contributed by atoms with Gasteiger partial charge in [-0.05, 0) is 49.9 Å². The molecule has 1 saturated heterocycles. The second kappa shape index (κ2) is 8.87. The molecule has 7 nitrogen and oxygen atoms in total. The van der Waals surface area contributed by atoms with Gasteiger partial charge in [0.05, 0.1) is 21.0 Å². The molecule has 2 aliphatic rings. The number of fused-ring (bicyclic) bond motifs is 1. The van der Waals surface area contributed by atoms with E-state index in [0.29, 0.717) is 17.7 Å². The molecule has 33 heavy (non-hydrogen) atoms. The molecule has 6 rings (SSSR count). The highest BCUT2D eigenvalue weighted by molar-refractivity contribution is 7.99. The first-order chi connectivity index (χ1) is 16.3. The maximum Gasteiger partial charge on any atom is 0.233 e. The number of rotatable bonds is 6. The van der Waals surface area contributed by atoms with Gasteiger partial charge in [0.25, 0.3) is 0 Å². The average molecular weight is 477 g/mol. The zero-order valence-electron chi connectivity index (χ0n) is 18.1. The summed E-state index contributed by atoms with van der Waals surface area (Å²) in [6.07, 6.45) is 7.76. The topological polar surface area (TPSA) is 76.8 Å². The summed E-state index contributed by atoms with van der Waals surface area (Å²) in [5.74, 6) is 1.89. The molecule has 3 aromatic heterocycles. The first kappa shape index (κ1) is 20.8. The largest absolute Gasteiger partial charge is 0.342 e. The molecular weight excluding hydrogens is 452 g/mol. The van der Waals surface area contributed by atoms with Crippen LogP contribution < -0.4 is 0 Å². The second-order valence-corrected chi connectivity index (χ2v) is 10.6. The third-order valence-electron chi connectivity index (χ3n) is 6.35. The van der Waals surface area contributed by atoms with Crippen molar-refractivity contribution in [1.29, 1.82) is 0 Å². The Balaban J connectivity index is 1.08. The smallest absolute Gasteiger partial charge is 0.233 e. The fourth-order valence-corrected chi connectivity index (χ4v) is 6.44. The van der Waals surface area contributed by atoms with E-state index in [0.717, 1.165) is 60.8 Å². The van der Waals surface area contributed by atoms with E-state index in [1.807, 2.05) is 23.1 Å². The van der Waals surface area contributed by atoms with Gasteiger partial charge in [0.1, 0.15) is 0 Å². The number of likely N-dealkylation sites (tertiary alicyclic amines) is 1. The Morgan fingerprint density at radius 2 is 1.82 bits per heavy atom. The molecule has 0 spiro atoms. The summed E-state index contributed by atoms with van der Waals surface area (Å²) >= 11 is 3.30. The summed E-state index contributed by atoms with van der Waals surface area (Å²) in [6.45, 7) is 1.58. The van der Waals surface area contributed by atoms with Crippen molar-refractivity contribution < 1.29 is 4.79 Å². The molecule has 0 bridgehead atoms. The van der Waals surface area contributed by atoms with E-state index in [1.54, 1.807) is 23.7 Å². The third kappa shape index (κ3) is 4.27. The van der Waals surface area contributed by atoms with Crippen LogP contribution in [0.3, 0.4) is 0 Å². The number of thioether (sulfide) groups is 1. The number of para-hydroxylation sites is 1. The first-order valence-electron chi connectivity index (χ1n) is 11.4. The SMILES string of the molecule is O=C(CSc1nnc(-c2ccncc2)n1C1CC1)N1CCC(c2nc3ccccc3s2)CC1. The summed E-state index contributed by atoms with van der Waals surface area (Å²) in [5.41, 5.74) is 2.10. The lowest BCUT2D eigenvalue weighted by Crippen LogP contribution is -2.39. The lowest BCUT2D eigenvalue weighted by atomic mass is 9.97. The predicted octanol–water partition coefficient (Wildman–Crippen LogP) is 4.78. The van der Waals surface area contributed by atoms with E-state index < -0.39 is 0 Å². The molecule has 2 fully saturated rings. The Morgan fingerprint density at radius 1 is 1.03 bits per heavy atom. The van der Waals surface area contributed by atoms with Gasteiger partial charge in [0, 0.05) is 43.0 Å². The van der Waals surface area contributed by atoms with Crippen molar-refractivity contribution in [2.45, 2.75) is 42.8 Å². The van der Waals surface area contributed by atoms with Crippen LogP contribution in [0, 0.1) is 0 Å². The highest BCUT2D eigenvalue weighted by atomic mass is 32.2. The zero-order valence-corrected chi connectivity index (χ0v) is 19.8. The summed E-state index contributed by atoms with van der Waals surface area (Å²) in [5, 5.41) is 10.9. The predicted molar refractivity (Wildman–Crippen MR) is 130 cm³/mol. The zero-order chi connectivity index (χ0) is 22.2. The maximum atomic E-state index is 13.0. The molecule has 1 aliphatic carbocycles. The molecule has 168 valence electrons. The highest BCUT2D eigenvalue weighted by Gasteiger charge is 2.31. The quantitative estimate of drug-likeness (QED) is 0.373. The summed E-state index contributed by atoms with van der Waals surface area (Å²) in [6, 6.07) is 12.7. The standard InChI is InChI=1S/C24H24N6OS2/c31-21(29-13-9-17(10-14-29)23-26-19-3-1-2-4-20(19)33-23)15-32-24-28-27-22(30(24)18-5-6-18)16-7-11-25-12-8-16/h1-4,7-8,11-12,17-18H,5-6,9-10,13-15H2. The van der Waals surface area contributed by atoms with Gasteiger partial charge >= 0.3 is 0 Å². The minimum atomic E-state index is 0.179. The van der Waals surface area contributed by atoms with Crippen LogP contribution in [-0.2, 0) is 4.79 Å². The van der Waals surface area contributed by atoms with Gasteiger partial charge in [-0.1, -0.05) is 23.9 Å². The number of hydrogen-bond acceptors (Lipinski definition) is 7. The van der Waals surface area contributed by atoms with Gasteiger partial charge in [0.15, 0.2) is 11.0 Å². The van der Waals surface area contributed by atoms with Crippen LogP contribution in [0.25, 0.3) is 21.6 Å². The number of pyridine rings is 1. The number of piperidine rings is 1. The lowest BCUT2D eigenvalue weighted by molar-refractivity contribution is -0.129. The molecule has 0 N–H and O–H groups in total. The number of carbonyl (C=O) groups is 1. The van der Waals surface area contributed by atoms with Crippen molar-refractivity contribution in [3.8, 4) is 11.4 Å². The Labute approximate surface area is 200 Å². The molecular formula is C24H24N6OS2. The Bertz CT molecular complexity index is 1240. The third-order valence-corrected chi connectivity index (χ3v) is 8.47. The summed E-state index contributed by atoms with van der Waals surface area (Å²) < 4.78 is 3.44. The molecule has 4 heterocycles. The minimum absolute atomic E-state index is 0.179. The normalized spacial score (nSPS) is 17.0. The van der Waals surface area contributed by atoms with Crippen molar-refractivity contribution in [3.05, 3.63) is 53.8 Å². The number of carbonyl (C=O) groups excluding carboxylic acids is 1. The van der Waals surface area contributed by atoms with Crippen LogP contribution in [0.15, 0.2) is 53.9 Å². The fourth-order valence-electron chi connectivity index (χ4n) is 4.39. The summed E-state index contributed by atoms with van der Waals surface area (Å²) in [4.78, 5) is 23.9. The highest BCUT2D eigenvalue weighted by Crippen LogP contribution is 2.41. The Hall–Kier alpha value is -2.78. The van der Waals surface area contributed by atoms with Crippen LogP contribution in [0.4, 0.5) is 0 Å². The molecule has 1 aliphatic heterocycles. The van der Waals surface area contributed by atoms with Gasteiger partial charge in [-0.2, -0.15) is 0 Å². The Kier molecular flexibility index (Phi) is 5.59. The second-order valence-electron chi connectivity index (χ2n) is 8.61. The lowest BCUT2D eigenvalue weighted by Gasteiger charge is -2.31. The van der Waals surface area contributed by atoms with Gasteiger partial charge in [0.2, 0.25) is 5.91 Å². The molecule has 0 radical (unpaired) electrons. The van der Waals surface area contributed by atoms with Gasteiger partial charge in [-0.3, -0.25) is 14.3 Å². The summed E-state index contributed by atoms with van der Waals surface area (Å²) in [7, 11) is 0. The molecule has 0 unspecified atom stereocenters. The van der Waals surface area contributed by atoms with Crippen LogP contribution in [0.2, 0.25) is 0 Å². The van der Waals surface area contributed by atoms with E-state index in [4.69, 9.17) is 4.98 Å². The number of nitrogens with zero attached hydrogens (tertiary/aromatic N) is 6. The van der Waals surface area contributed by atoms with Gasteiger partial charge < -0.3 is 4.90 Å². The number of aromatic nitrogens is 5. The molecule has 4 aromatic rings.